The van der Waals surface area contributed by atoms with Crippen LogP contribution in [-0.4, -0.2) is 7.05 Å². The number of nitrogens with one attached hydrogen (secondary N) is 1. The average Bonchev–Trinajstić information content (AvgIpc) is 2.35. The van der Waals surface area contributed by atoms with Crippen molar-refractivity contribution in [2.75, 3.05) is 7.05 Å². The zero-order valence-corrected chi connectivity index (χ0v) is 11.9. The number of aryl methyl sites for hydroxylation is 3. The van der Waals surface area contributed by atoms with E-state index in [0.29, 0.717) is 0 Å². The summed E-state index contributed by atoms with van der Waals surface area (Å²) >= 11 is 0. The lowest BCUT2D eigenvalue weighted by Crippen LogP contribution is -2.20. The van der Waals surface area contributed by atoms with Gasteiger partial charge in [-0.3, -0.25) is 0 Å². The summed E-state index contributed by atoms with van der Waals surface area (Å²) in [6.45, 7) is 6.00. The first kappa shape index (κ1) is 13.8. The lowest BCUT2D eigenvalue weighted by atomic mass is 9.91. The van der Waals surface area contributed by atoms with E-state index in [4.69, 9.17) is 0 Å². The van der Waals surface area contributed by atoms with Crippen molar-refractivity contribution in [2.45, 2.75) is 26.8 Å². The molecule has 1 nitrogen and oxygen atoms in total. The van der Waals surface area contributed by atoms with Crippen LogP contribution >= 0.6 is 0 Å². The van der Waals surface area contributed by atoms with Crippen LogP contribution in [0, 0.1) is 26.6 Å². The van der Waals surface area contributed by atoms with Crippen molar-refractivity contribution in [2.24, 2.45) is 0 Å². The number of rotatable bonds is 3. The summed E-state index contributed by atoms with van der Waals surface area (Å²) in [6.07, 6.45) is 0. The van der Waals surface area contributed by atoms with Crippen molar-refractivity contribution in [3.8, 4) is 0 Å². The third-order valence-corrected chi connectivity index (χ3v) is 3.55. The lowest BCUT2D eigenvalue weighted by Gasteiger charge is -2.22. The van der Waals surface area contributed by atoms with E-state index in [9.17, 15) is 4.39 Å². The van der Waals surface area contributed by atoms with Crippen LogP contribution in [0.5, 0.6) is 0 Å². The molecule has 0 aromatic heterocycles. The molecule has 2 heteroatoms. The van der Waals surface area contributed by atoms with Crippen LogP contribution < -0.4 is 5.32 Å². The second-order valence-corrected chi connectivity index (χ2v) is 5.09. The summed E-state index contributed by atoms with van der Waals surface area (Å²) in [6, 6.07) is 11.8. The van der Waals surface area contributed by atoms with Gasteiger partial charge >= 0.3 is 0 Å². The summed E-state index contributed by atoms with van der Waals surface area (Å²) in [4.78, 5) is 0. The molecule has 0 heterocycles. The molecular weight excluding hydrogens is 237 g/mol. The number of benzene rings is 2. The van der Waals surface area contributed by atoms with Crippen molar-refractivity contribution >= 4 is 0 Å². The van der Waals surface area contributed by atoms with Crippen LogP contribution in [0.3, 0.4) is 0 Å². The van der Waals surface area contributed by atoms with Crippen molar-refractivity contribution < 1.29 is 4.39 Å². The minimum absolute atomic E-state index is 0.0983. The average molecular weight is 257 g/mol. The second-order valence-electron chi connectivity index (χ2n) is 5.09. The standard InChI is InChI=1S/C17H20FN/c1-11-5-7-14(8-6-11)17(19-4)16-12(2)9-15(18)10-13(16)3/h5-10,17,19H,1-4H3. The smallest absolute Gasteiger partial charge is 0.123 e. The molecule has 0 aliphatic rings. The normalized spacial score (nSPS) is 12.5. The highest BCUT2D eigenvalue weighted by atomic mass is 19.1. The van der Waals surface area contributed by atoms with Gasteiger partial charge in [-0.25, -0.2) is 4.39 Å². The van der Waals surface area contributed by atoms with E-state index in [1.54, 1.807) is 12.1 Å². The highest BCUT2D eigenvalue weighted by Crippen LogP contribution is 2.28. The first-order valence-corrected chi connectivity index (χ1v) is 6.53. The van der Waals surface area contributed by atoms with Gasteiger partial charge in [-0.05, 0) is 62.2 Å². The largest absolute Gasteiger partial charge is 0.309 e. The molecule has 0 spiro atoms. The summed E-state index contributed by atoms with van der Waals surface area (Å²) in [5, 5.41) is 3.33. The fourth-order valence-electron chi connectivity index (χ4n) is 2.61. The Kier molecular flexibility index (Phi) is 4.01. The molecule has 0 radical (unpaired) electrons. The fraction of sp³-hybridized carbons (Fsp3) is 0.294. The molecule has 0 fully saturated rings. The Hall–Kier alpha value is -1.67. The van der Waals surface area contributed by atoms with Crippen LogP contribution in [0.4, 0.5) is 4.39 Å². The van der Waals surface area contributed by atoms with Crippen LogP contribution in [0.15, 0.2) is 36.4 Å². The highest BCUT2D eigenvalue weighted by molar-refractivity contribution is 5.42. The van der Waals surface area contributed by atoms with E-state index >= 15 is 0 Å². The molecule has 0 saturated heterocycles. The Bertz CT molecular complexity index is 549. The maximum absolute atomic E-state index is 13.4. The molecule has 0 saturated carbocycles. The van der Waals surface area contributed by atoms with Crippen molar-refractivity contribution in [3.63, 3.8) is 0 Å². The van der Waals surface area contributed by atoms with Crippen molar-refractivity contribution in [1.82, 2.24) is 5.32 Å². The van der Waals surface area contributed by atoms with Crippen LogP contribution in [-0.2, 0) is 0 Å². The van der Waals surface area contributed by atoms with Gasteiger partial charge in [-0.2, -0.15) is 0 Å². The van der Waals surface area contributed by atoms with Gasteiger partial charge in [0, 0.05) is 0 Å². The van der Waals surface area contributed by atoms with Gasteiger partial charge in [-0.1, -0.05) is 29.8 Å². The Labute approximate surface area is 114 Å². The minimum Gasteiger partial charge on any atom is -0.309 e. The minimum atomic E-state index is -0.169. The predicted molar refractivity (Wildman–Crippen MR) is 78.0 cm³/mol. The fourth-order valence-corrected chi connectivity index (χ4v) is 2.61. The first-order valence-electron chi connectivity index (χ1n) is 6.53. The molecule has 0 amide bonds. The second kappa shape index (κ2) is 5.54. The molecule has 0 bridgehead atoms. The monoisotopic (exact) mass is 257 g/mol. The molecule has 1 unspecified atom stereocenters. The van der Waals surface area contributed by atoms with Crippen molar-refractivity contribution in [1.29, 1.82) is 0 Å². The molecule has 2 aromatic rings. The Morgan fingerprint density at radius 3 is 1.95 bits per heavy atom. The molecule has 19 heavy (non-hydrogen) atoms. The summed E-state index contributed by atoms with van der Waals surface area (Å²) in [7, 11) is 1.94. The number of hydrogen-bond acceptors (Lipinski definition) is 1. The zero-order chi connectivity index (χ0) is 14.0. The molecule has 2 rings (SSSR count). The van der Waals surface area contributed by atoms with E-state index in [2.05, 4.69) is 36.5 Å². The third kappa shape index (κ3) is 2.85. The lowest BCUT2D eigenvalue weighted by molar-refractivity contribution is 0.618. The maximum Gasteiger partial charge on any atom is 0.123 e. The van der Waals surface area contributed by atoms with Gasteiger partial charge in [0.2, 0.25) is 0 Å². The third-order valence-electron chi connectivity index (χ3n) is 3.55. The molecule has 0 aliphatic heterocycles. The molecule has 100 valence electrons. The zero-order valence-electron chi connectivity index (χ0n) is 11.9. The van der Waals surface area contributed by atoms with E-state index in [0.717, 1.165) is 16.7 Å². The molecule has 1 atom stereocenters. The van der Waals surface area contributed by atoms with E-state index < -0.39 is 0 Å². The Balaban J connectivity index is 2.51. The topological polar surface area (TPSA) is 12.0 Å². The van der Waals surface area contributed by atoms with Gasteiger partial charge in [0.15, 0.2) is 0 Å². The maximum atomic E-state index is 13.4. The van der Waals surface area contributed by atoms with E-state index in [-0.39, 0.29) is 11.9 Å². The van der Waals surface area contributed by atoms with Crippen LogP contribution in [0.25, 0.3) is 0 Å². The Morgan fingerprint density at radius 1 is 0.947 bits per heavy atom. The SMILES string of the molecule is CNC(c1ccc(C)cc1)c1c(C)cc(F)cc1C. The number of halogens is 1. The van der Waals surface area contributed by atoms with Crippen molar-refractivity contribution in [3.05, 3.63) is 70.0 Å². The Morgan fingerprint density at radius 2 is 1.47 bits per heavy atom. The summed E-state index contributed by atoms with van der Waals surface area (Å²) < 4.78 is 13.4. The summed E-state index contributed by atoms with van der Waals surface area (Å²) in [5.41, 5.74) is 5.57. The van der Waals surface area contributed by atoms with E-state index in [1.165, 1.54) is 11.1 Å². The van der Waals surface area contributed by atoms with Gasteiger partial charge in [0.25, 0.3) is 0 Å². The van der Waals surface area contributed by atoms with Crippen LogP contribution in [0.1, 0.15) is 33.9 Å². The van der Waals surface area contributed by atoms with E-state index in [1.807, 2.05) is 20.9 Å². The van der Waals surface area contributed by atoms with Gasteiger partial charge in [0.05, 0.1) is 6.04 Å². The quantitative estimate of drug-likeness (QED) is 0.874. The summed E-state index contributed by atoms with van der Waals surface area (Å²) in [5.74, 6) is -0.169. The molecule has 1 N–H and O–H groups in total. The molecule has 0 aliphatic carbocycles. The predicted octanol–water partition coefficient (Wildman–Crippen LogP) is 4.06. The first-order chi connectivity index (χ1) is 9.02. The molecule has 2 aromatic carbocycles. The highest BCUT2D eigenvalue weighted by Gasteiger charge is 2.17. The number of hydrogen-bond donors (Lipinski definition) is 1. The van der Waals surface area contributed by atoms with Gasteiger partial charge < -0.3 is 5.32 Å². The van der Waals surface area contributed by atoms with Gasteiger partial charge in [-0.15, -0.1) is 0 Å². The molecular formula is C17H20FN. The van der Waals surface area contributed by atoms with Crippen LogP contribution in [0.2, 0.25) is 0 Å². The van der Waals surface area contributed by atoms with Gasteiger partial charge in [0.1, 0.15) is 5.82 Å².